The molecule has 28 heavy (non-hydrogen) atoms. The lowest BCUT2D eigenvalue weighted by molar-refractivity contribution is -0.142. The van der Waals surface area contributed by atoms with Gasteiger partial charge in [0.05, 0.1) is 13.7 Å². The molecule has 0 aliphatic heterocycles. The van der Waals surface area contributed by atoms with Gasteiger partial charge in [0, 0.05) is 0 Å². The molecule has 1 atom stereocenters. The molecule has 0 radical (unpaired) electrons. The van der Waals surface area contributed by atoms with Crippen molar-refractivity contribution in [3.8, 4) is 0 Å². The summed E-state index contributed by atoms with van der Waals surface area (Å²) in [7, 11) is 1.18. The quantitative estimate of drug-likeness (QED) is 0.533. The van der Waals surface area contributed by atoms with Crippen LogP contribution in [0.3, 0.4) is 0 Å². The van der Waals surface area contributed by atoms with Gasteiger partial charge in [-0.05, 0) is 11.1 Å². The minimum absolute atomic E-state index is 0.0487. The smallest absolute Gasteiger partial charge is 0.408 e. The van der Waals surface area contributed by atoms with Crippen molar-refractivity contribution in [1.29, 1.82) is 0 Å². The largest absolute Gasteiger partial charge is 0.467 e. The number of esters is 1. The summed E-state index contributed by atoms with van der Waals surface area (Å²) < 4.78 is 14.8. The van der Waals surface area contributed by atoms with Crippen LogP contribution >= 0.6 is 0 Å². The highest BCUT2D eigenvalue weighted by Crippen LogP contribution is 2.02. The van der Waals surface area contributed by atoms with Crippen molar-refractivity contribution in [3.63, 3.8) is 0 Å². The first-order valence-corrected chi connectivity index (χ1v) is 8.58. The van der Waals surface area contributed by atoms with Crippen LogP contribution in [0.2, 0.25) is 0 Å². The van der Waals surface area contributed by atoms with Crippen molar-refractivity contribution in [2.24, 2.45) is 0 Å². The summed E-state index contributed by atoms with van der Waals surface area (Å²) in [5.41, 5.74) is 1.62. The van der Waals surface area contributed by atoms with Crippen molar-refractivity contribution >= 4 is 18.2 Å². The number of benzene rings is 2. The second kappa shape index (κ2) is 11.2. The summed E-state index contributed by atoms with van der Waals surface area (Å²) in [6.07, 6.45) is -1.53. The fourth-order valence-electron chi connectivity index (χ4n) is 2.20. The summed E-state index contributed by atoms with van der Waals surface area (Å²) in [6.45, 7) is -0.0735. The van der Waals surface area contributed by atoms with Gasteiger partial charge in [-0.3, -0.25) is 0 Å². The van der Waals surface area contributed by atoms with E-state index in [1.165, 1.54) is 7.11 Å². The van der Waals surface area contributed by atoms with Gasteiger partial charge in [-0.15, -0.1) is 0 Å². The zero-order valence-electron chi connectivity index (χ0n) is 15.4. The van der Waals surface area contributed by atoms with Gasteiger partial charge in [0.15, 0.2) is 0 Å². The van der Waals surface area contributed by atoms with Crippen LogP contribution in [0, 0.1) is 0 Å². The van der Waals surface area contributed by atoms with Gasteiger partial charge in [-0.2, -0.15) is 0 Å². The molecule has 2 aromatic carbocycles. The van der Waals surface area contributed by atoms with Crippen LogP contribution in [-0.4, -0.2) is 37.9 Å². The third-order valence-corrected chi connectivity index (χ3v) is 3.65. The Morgan fingerprint density at radius 1 is 0.821 bits per heavy atom. The normalized spacial score (nSPS) is 11.0. The van der Waals surface area contributed by atoms with Crippen LogP contribution in [0.25, 0.3) is 0 Å². The number of hydrogen-bond donors (Lipinski definition) is 2. The molecule has 8 heteroatoms. The summed E-state index contributed by atoms with van der Waals surface area (Å²) >= 11 is 0. The third-order valence-electron chi connectivity index (χ3n) is 3.65. The molecule has 0 aromatic heterocycles. The lowest BCUT2D eigenvalue weighted by atomic mass is 10.2. The second-order valence-electron chi connectivity index (χ2n) is 5.72. The van der Waals surface area contributed by atoms with E-state index in [0.29, 0.717) is 0 Å². The molecule has 0 aliphatic rings. The molecule has 2 aromatic rings. The van der Waals surface area contributed by atoms with Gasteiger partial charge < -0.3 is 24.8 Å². The Morgan fingerprint density at radius 2 is 1.32 bits per heavy atom. The molecular weight excluding hydrogens is 364 g/mol. The lowest BCUT2D eigenvalue weighted by Gasteiger charge is -2.17. The molecule has 2 rings (SSSR count). The van der Waals surface area contributed by atoms with Gasteiger partial charge in [-0.25, -0.2) is 14.4 Å². The van der Waals surface area contributed by atoms with E-state index in [-0.39, 0.29) is 19.8 Å². The number of methoxy groups -OCH3 is 1. The average Bonchev–Trinajstić information content (AvgIpc) is 2.74. The minimum atomic E-state index is -1.11. The van der Waals surface area contributed by atoms with Gasteiger partial charge in [0.2, 0.25) is 0 Å². The number of amides is 2. The molecule has 2 N–H and O–H groups in total. The van der Waals surface area contributed by atoms with Gasteiger partial charge in [-0.1, -0.05) is 60.7 Å². The molecule has 0 saturated heterocycles. The molecule has 0 heterocycles. The fraction of sp³-hybridized carbons (Fsp3) is 0.250. The van der Waals surface area contributed by atoms with Crippen molar-refractivity contribution in [3.05, 3.63) is 71.8 Å². The number of alkyl carbamates (subject to hydrolysis) is 2. The van der Waals surface area contributed by atoms with Crippen LogP contribution in [0.1, 0.15) is 11.1 Å². The van der Waals surface area contributed by atoms with E-state index in [2.05, 4.69) is 15.4 Å². The van der Waals surface area contributed by atoms with Crippen LogP contribution in [0.5, 0.6) is 0 Å². The molecule has 2 amide bonds. The Hall–Kier alpha value is -3.55. The van der Waals surface area contributed by atoms with Gasteiger partial charge in [0.25, 0.3) is 0 Å². The van der Waals surface area contributed by atoms with Crippen LogP contribution in [0.4, 0.5) is 9.59 Å². The predicted octanol–water partition coefficient (Wildman–Crippen LogP) is 2.38. The summed E-state index contributed by atoms with van der Waals surface area (Å²) in [5.74, 6) is -0.722. The first-order chi connectivity index (χ1) is 13.6. The van der Waals surface area contributed by atoms with Crippen molar-refractivity contribution < 1.29 is 28.6 Å². The van der Waals surface area contributed by atoms with E-state index in [1.54, 1.807) is 12.1 Å². The zero-order chi connectivity index (χ0) is 20.2. The lowest BCUT2D eigenvalue weighted by Crippen LogP contribution is -2.49. The first-order valence-electron chi connectivity index (χ1n) is 8.58. The molecule has 0 bridgehead atoms. The average molecular weight is 386 g/mol. The number of rotatable bonds is 8. The van der Waals surface area contributed by atoms with E-state index >= 15 is 0 Å². The maximum Gasteiger partial charge on any atom is 0.408 e. The summed E-state index contributed by atoms with van der Waals surface area (Å²) in [5, 5.41) is 4.78. The van der Waals surface area contributed by atoms with Crippen LogP contribution in [0.15, 0.2) is 60.7 Å². The molecule has 0 spiro atoms. The molecular formula is C20H22N2O6. The Morgan fingerprint density at radius 3 is 1.82 bits per heavy atom. The maximum absolute atomic E-state index is 11.9. The highest BCUT2D eigenvalue weighted by molar-refractivity contribution is 5.82. The fourth-order valence-corrected chi connectivity index (χ4v) is 2.20. The molecule has 0 unspecified atom stereocenters. The van der Waals surface area contributed by atoms with Crippen molar-refractivity contribution in [2.45, 2.75) is 19.3 Å². The standard InChI is InChI=1S/C20H22N2O6/c1-26-18(23)17(22-20(25)28-14-16-10-6-3-7-11-16)12-21-19(24)27-13-15-8-4-2-5-9-15/h2-11,17H,12-14H2,1H3,(H,21,24)(H,22,25)/t17-/m0/s1. The second-order valence-corrected chi connectivity index (χ2v) is 5.72. The van der Waals surface area contributed by atoms with E-state index in [4.69, 9.17) is 9.47 Å². The Kier molecular flexibility index (Phi) is 8.32. The predicted molar refractivity (Wildman–Crippen MR) is 100 cm³/mol. The highest BCUT2D eigenvalue weighted by atomic mass is 16.6. The molecule has 148 valence electrons. The topological polar surface area (TPSA) is 103 Å². The Bertz CT molecular complexity index is 767. The first kappa shape index (κ1) is 20.8. The number of carbonyl (C=O) groups is 3. The number of carbonyl (C=O) groups excluding carboxylic acids is 3. The Balaban J connectivity index is 1.77. The highest BCUT2D eigenvalue weighted by Gasteiger charge is 2.23. The maximum atomic E-state index is 11.9. The molecule has 8 nitrogen and oxygen atoms in total. The van der Waals surface area contributed by atoms with Crippen LogP contribution < -0.4 is 10.6 Å². The monoisotopic (exact) mass is 386 g/mol. The molecule has 0 fully saturated rings. The molecule has 0 saturated carbocycles. The SMILES string of the molecule is COC(=O)[C@H](CNC(=O)OCc1ccccc1)NC(=O)OCc1ccccc1. The Labute approximate surface area is 162 Å². The van der Waals surface area contributed by atoms with E-state index in [1.807, 2.05) is 48.5 Å². The van der Waals surface area contributed by atoms with Crippen LogP contribution in [-0.2, 0) is 32.2 Å². The summed E-state index contributed by atoms with van der Waals surface area (Å²) in [6, 6.07) is 17.1. The summed E-state index contributed by atoms with van der Waals surface area (Å²) in [4.78, 5) is 35.5. The van der Waals surface area contributed by atoms with E-state index < -0.39 is 24.2 Å². The van der Waals surface area contributed by atoms with E-state index in [0.717, 1.165) is 11.1 Å². The third kappa shape index (κ3) is 7.36. The number of hydrogen-bond acceptors (Lipinski definition) is 6. The van der Waals surface area contributed by atoms with Gasteiger partial charge in [0.1, 0.15) is 19.3 Å². The number of nitrogens with one attached hydrogen (secondary N) is 2. The van der Waals surface area contributed by atoms with Crippen molar-refractivity contribution in [2.75, 3.05) is 13.7 Å². The minimum Gasteiger partial charge on any atom is -0.467 e. The zero-order valence-corrected chi connectivity index (χ0v) is 15.4. The van der Waals surface area contributed by atoms with Gasteiger partial charge >= 0.3 is 18.2 Å². The van der Waals surface area contributed by atoms with Crippen molar-refractivity contribution in [1.82, 2.24) is 10.6 Å². The number of ether oxygens (including phenoxy) is 3. The van der Waals surface area contributed by atoms with E-state index in [9.17, 15) is 14.4 Å². The molecule has 0 aliphatic carbocycles.